The number of nitrogens with one attached hydrogen (secondary N) is 1. The minimum atomic E-state index is -0.472. The number of benzene rings is 3. The molecule has 0 saturated heterocycles. The summed E-state index contributed by atoms with van der Waals surface area (Å²) in [6.45, 7) is 3.86. The van der Waals surface area contributed by atoms with Crippen LogP contribution in [-0.4, -0.2) is 25.2 Å². The van der Waals surface area contributed by atoms with Crippen LogP contribution in [0.5, 0.6) is 11.5 Å². The molecule has 152 valence electrons. The van der Waals surface area contributed by atoms with E-state index in [2.05, 4.69) is 10.5 Å². The zero-order chi connectivity index (χ0) is 21.5. The molecule has 1 amide bonds. The Kier molecular flexibility index (Phi) is 6.60. The van der Waals surface area contributed by atoms with E-state index in [-0.39, 0.29) is 5.91 Å². The summed E-state index contributed by atoms with van der Waals surface area (Å²) in [5.74, 6) is -0.0980. The van der Waals surface area contributed by atoms with Gasteiger partial charge in [0.2, 0.25) is 0 Å². The highest BCUT2D eigenvalue weighted by Crippen LogP contribution is 2.28. The molecule has 6 nitrogen and oxygen atoms in total. The Hall–Kier alpha value is -3.93. The second-order valence-electron chi connectivity index (χ2n) is 6.73. The fourth-order valence-electron chi connectivity index (χ4n) is 2.71. The van der Waals surface area contributed by atoms with Crippen molar-refractivity contribution in [2.75, 3.05) is 7.11 Å². The highest BCUT2D eigenvalue weighted by atomic mass is 16.6. The van der Waals surface area contributed by atoms with Gasteiger partial charge in [-0.1, -0.05) is 35.4 Å². The highest BCUT2D eigenvalue weighted by Gasteiger charge is 2.12. The van der Waals surface area contributed by atoms with Gasteiger partial charge in [-0.05, 0) is 61.9 Å². The van der Waals surface area contributed by atoms with E-state index in [0.29, 0.717) is 28.2 Å². The molecule has 3 aromatic rings. The first-order chi connectivity index (χ1) is 14.5. The molecule has 3 aromatic carbocycles. The van der Waals surface area contributed by atoms with Crippen molar-refractivity contribution in [3.8, 4) is 11.5 Å². The lowest BCUT2D eigenvalue weighted by atomic mass is 10.1. The van der Waals surface area contributed by atoms with E-state index in [0.717, 1.165) is 11.1 Å². The number of hydrazone groups is 1. The van der Waals surface area contributed by atoms with Crippen molar-refractivity contribution in [1.82, 2.24) is 5.43 Å². The Bertz CT molecular complexity index is 1090. The summed E-state index contributed by atoms with van der Waals surface area (Å²) in [6.07, 6.45) is 1.49. The molecule has 0 unspecified atom stereocenters. The zero-order valence-electron chi connectivity index (χ0n) is 17.0. The minimum absolute atomic E-state index is 0.295. The molecule has 6 heteroatoms. The maximum atomic E-state index is 12.3. The van der Waals surface area contributed by atoms with Crippen molar-refractivity contribution in [3.63, 3.8) is 0 Å². The van der Waals surface area contributed by atoms with Crippen molar-refractivity contribution in [2.45, 2.75) is 13.8 Å². The van der Waals surface area contributed by atoms with E-state index < -0.39 is 5.97 Å². The van der Waals surface area contributed by atoms with Crippen LogP contribution in [0.2, 0.25) is 0 Å². The van der Waals surface area contributed by atoms with E-state index in [1.807, 2.05) is 38.1 Å². The lowest BCUT2D eigenvalue weighted by Gasteiger charge is -2.10. The summed E-state index contributed by atoms with van der Waals surface area (Å²) in [5.41, 5.74) is 6.19. The van der Waals surface area contributed by atoms with E-state index >= 15 is 0 Å². The molecule has 0 radical (unpaired) electrons. The van der Waals surface area contributed by atoms with Gasteiger partial charge in [0, 0.05) is 5.56 Å². The van der Waals surface area contributed by atoms with Crippen molar-refractivity contribution in [1.29, 1.82) is 0 Å². The third kappa shape index (κ3) is 5.32. The summed E-state index contributed by atoms with van der Waals surface area (Å²) in [4.78, 5) is 24.5. The lowest BCUT2D eigenvalue weighted by Crippen LogP contribution is -2.17. The number of carbonyl (C=O) groups excluding carboxylic acids is 2. The van der Waals surface area contributed by atoms with E-state index in [1.165, 1.54) is 13.3 Å². The second-order valence-corrected chi connectivity index (χ2v) is 6.73. The summed E-state index contributed by atoms with van der Waals surface area (Å²) in [7, 11) is 1.49. The predicted octanol–water partition coefficient (Wildman–Crippen LogP) is 4.30. The number of aryl methyl sites for hydroxylation is 2. The smallest absolute Gasteiger partial charge is 0.343 e. The molecule has 0 fully saturated rings. The number of amides is 1. The number of nitrogens with zero attached hydrogens (tertiary/aromatic N) is 1. The van der Waals surface area contributed by atoms with Crippen molar-refractivity contribution in [3.05, 3.63) is 94.5 Å². The zero-order valence-corrected chi connectivity index (χ0v) is 17.0. The van der Waals surface area contributed by atoms with Crippen molar-refractivity contribution >= 4 is 18.1 Å². The van der Waals surface area contributed by atoms with Gasteiger partial charge in [0.15, 0.2) is 11.5 Å². The van der Waals surface area contributed by atoms with Crippen LogP contribution in [-0.2, 0) is 0 Å². The third-order valence-electron chi connectivity index (χ3n) is 4.34. The number of carbonyl (C=O) groups is 2. The number of rotatable bonds is 6. The van der Waals surface area contributed by atoms with Crippen LogP contribution < -0.4 is 14.9 Å². The summed E-state index contributed by atoms with van der Waals surface area (Å²) >= 11 is 0. The molecular formula is C24H22N2O4. The van der Waals surface area contributed by atoms with Gasteiger partial charge in [-0.2, -0.15) is 5.10 Å². The standard InChI is InChI=1S/C24H22N2O4/c1-16-7-10-19(11-8-16)24(28)30-21-12-9-18(14-22(21)29-3)15-25-26-23(27)20-6-4-5-17(2)13-20/h4-15H,1-3H3,(H,26,27)/b25-15+. The van der Waals surface area contributed by atoms with Crippen LogP contribution in [0.25, 0.3) is 0 Å². The van der Waals surface area contributed by atoms with Crippen LogP contribution in [0.15, 0.2) is 71.8 Å². The predicted molar refractivity (Wildman–Crippen MR) is 115 cm³/mol. The van der Waals surface area contributed by atoms with Gasteiger partial charge in [-0.25, -0.2) is 10.2 Å². The van der Waals surface area contributed by atoms with E-state index in [1.54, 1.807) is 42.5 Å². The van der Waals surface area contributed by atoms with Gasteiger partial charge < -0.3 is 9.47 Å². The van der Waals surface area contributed by atoms with E-state index in [4.69, 9.17) is 9.47 Å². The Balaban J connectivity index is 1.67. The first-order valence-corrected chi connectivity index (χ1v) is 9.33. The van der Waals surface area contributed by atoms with Crippen molar-refractivity contribution in [2.24, 2.45) is 5.10 Å². The molecule has 3 rings (SSSR count). The molecule has 0 aliphatic carbocycles. The lowest BCUT2D eigenvalue weighted by molar-refractivity contribution is 0.0729. The maximum Gasteiger partial charge on any atom is 0.343 e. The Labute approximate surface area is 175 Å². The van der Waals surface area contributed by atoms with Gasteiger partial charge in [-0.15, -0.1) is 0 Å². The monoisotopic (exact) mass is 402 g/mol. The first kappa shape index (κ1) is 20.8. The molecular weight excluding hydrogens is 380 g/mol. The Morgan fingerprint density at radius 2 is 1.63 bits per heavy atom. The molecule has 30 heavy (non-hydrogen) atoms. The molecule has 0 heterocycles. The average Bonchev–Trinajstić information content (AvgIpc) is 2.75. The van der Waals surface area contributed by atoms with Crippen LogP contribution >= 0.6 is 0 Å². The highest BCUT2D eigenvalue weighted by molar-refractivity contribution is 5.95. The molecule has 1 N–H and O–H groups in total. The summed E-state index contributed by atoms with van der Waals surface area (Å²) < 4.78 is 10.8. The number of methoxy groups -OCH3 is 1. The van der Waals surface area contributed by atoms with Crippen LogP contribution in [0, 0.1) is 13.8 Å². The summed E-state index contributed by atoms with van der Waals surface area (Å²) in [6, 6.07) is 19.3. The third-order valence-corrected chi connectivity index (χ3v) is 4.34. The molecule has 0 aromatic heterocycles. The summed E-state index contributed by atoms with van der Waals surface area (Å²) in [5, 5.41) is 3.98. The topological polar surface area (TPSA) is 77.0 Å². The number of hydrogen-bond donors (Lipinski definition) is 1. The van der Waals surface area contributed by atoms with Crippen molar-refractivity contribution < 1.29 is 19.1 Å². The molecule has 0 aliphatic heterocycles. The number of esters is 1. The van der Waals surface area contributed by atoms with Gasteiger partial charge in [0.05, 0.1) is 18.9 Å². The largest absolute Gasteiger partial charge is 0.493 e. The fraction of sp³-hybridized carbons (Fsp3) is 0.125. The van der Waals surface area contributed by atoms with Crippen LogP contribution in [0.3, 0.4) is 0 Å². The van der Waals surface area contributed by atoms with Gasteiger partial charge in [-0.3, -0.25) is 4.79 Å². The average molecular weight is 402 g/mol. The minimum Gasteiger partial charge on any atom is -0.493 e. The number of ether oxygens (including phenoxy) is 2. The molecule has 0 spiro atoms. The molecule has 0 bridgehead atoms. The van der Waals surface area contributed by atoms with Crippen LogP contribution in [0.4, 0.5) is 0 Å². The molecule has 0 aliphatic rings. The van der Waals surface area contributed by atoms with Gasteiger partial charge >= 0.3 is 5.97 Å². The molecule has 0 atom stereocenters. The quantitative estimate of drug-likeness (QED) is 0.289. The normalized spacial score (nSPS) is 10.6. The Morgan fingerprint density at radius 3 is 2.33 bits per heavy atom. The molecule has 0 saturated carbocycles. The van der Waals surface area contributed by atoms with Gasteiger partial charge in [0.1, 0.15) is 0 Å². The maximum absolute atomic E-state index is 12.3. The number of hydrogen-bond acceptors (Lipinski definition) is 5. The second kappa shape index (κ2) is 9.52. The van der Waals surface area contributed by atoms with E-state index in [9.17, 15) is 9.59 Å². The van der Waals surface area contributed by atoms with Gasteiger partial charge in [0.25, 0.3) is 5.91 Å². The SMILES string of the molecule is COc1cc(/C=N/NC(=O)c2cccc(C)c2)ccc1OC(=O)c1ccc(C)cc1. The first-order valence-electron chi connectivity index (χ1n) is 9.33. The Morgan fingerprint density at radius 1 is 0.867 bits per heavy atom. The fourth-order valence-corrected chi connectivity index (χ4v) is 2.71. The van der Waals surface area contributed by atoms with Crippen LogP contribution in [0.1, 0.15) is 37.4 Å².